The van der Waals surface area contributed by atoms with E-state index in [1.54, 1.807) is 30.3 Å². The Hall–Kier alpha value is -1.23. The van der Waals surface area contributed by atoms with Crippen molar-refractivity contribution >= 4 is 45.0 Å². The molecular formula is C13H9BrCl2N2O. The maximum absolute atomic E-state index is 7.33. The molecule has 0 aliphatic heterocycles. The fraction of sp³-hybridized carbons (Fsp3) is 0. The number of ether oxygens (including phenoxy) is 1. The molecular weight excluding hydrogens is 351 g/mol. The van der Waals surface area contributed by atoms with E-state index in [-0.39, 0.29) is 5.84 Å². The Balaban J connectivity index is 2.31. The number of hydrogen-bond donors (Lipinski definition) is 2. The summed E-state index contributed by atoms with van der Waals surface area (Å²) in [5.41, 5.74) is 5.92. The Morgan fingerprint density at radius 3 is 2.16 bits per heavy atom. The SMILES string of the molecule is N=C(N)c1ccc(Oc2ccc(Br)cc2Cl)c(Cl)c1. The van der Waals surface area contributed by atoms with E-state index in [1.165, 1.54) is 0 Å². The molecule has 0 saturated heterocycles. The summed E-state index contributed by atoms with van der Waals surface area (Å²) in [4.78, 5) is 0. The number of nitrogen functional groups attached to an aromatic ring is 1. The van der Waals surface area contributed by atoms with Crippen LogP contribution in [0.5, 0.6) is 11.5 Å². The number of hydrogen-bond acceptors (Lipinski definition) is 2. The molecule has 0 amide bonds. The summed E-state index contributed by atoms with van der Waals surface area (Å²) in [6.07, 6.45) is 0. The van der Waals surface area contributed by atoms with Gasteiger partial charge in [-0.15, -0.1) is 0 Å². The first-order valence-corrected chi connectivity index (χ1v) is 6.79. The van der Waals surface area contributed by atoms with Crippen LogP contribution in [0.25, 0.3) is 0 Å². The van der Waals surface area contributed by atoms with Crippen molar-refractivity contribution in [1.29, 1.82) is 5.41 Å². The van der Waals surface area contributed by atoms with E-state index in [0.717, 1.165) is 4.47 Å². The smallest absolute Gasteiger partial charge is 0.146 e. The van der Waals surface area contributed by atoms with Crippen LogP contribution < -0.4 is 10.5 Å². The molecule has 0 fully saturated rings. The molecule has 0 aromatic heterocycles. The third kappa shape index (κ3) is 3.41. The Labute approximate surface area is 128 Å². The maximum Gasteiger partial charge on any atom is 0.146 e. The van der Waals surface area contributed by atoms with E-state index in [4.69, 9.17) is 39.1 Å². The van der Waals surface area contributed by atoms with Crippen LogP contribution in [-0.4, -0.2) is 5.84 Å². The predicted octanol–water partition coefficient (Wildman–Crippen LogP) is 4.83. The van der Waals surface area contributed by atoms with Crippen molar-refractivity contribution in [3.05, 3.63) is 56.5 Å². The molecule has 3 nitrogen and oxygen atoms in total. The monoisotopic (exact) mass is 358 g/mol. The first kappa shape index (κ1) is 14.2. The van der Waals surface area contributed by atoms with Gasteiger partial charge in [-0.2, -0.15) is 0 Å². The van der Waals surface area contributed by atoms with Gasteiger partial charge in [0.1, 0.15) is 17.3 Å². The minimum Gasteiger partial charge on any atom is -0.454 e. The van der Waals surface area contributed by atoms with Gasteiger partial charge in [0.15, 0.2) is 0 Å². The third-order valence-corrected chi connectivity index (χ3v) is 3.44. The van der Waals surface area contributed by atoms with Gasteiger partial charge in [-0.05, 0) is 36.4 Å². The molecule has 0 bridgehead atoms. The van der Waals surface area contributed by atoms with Gasteiger partial charge in [-0.25, -0.2) is 0 Å². The first-order chi connectivity index (χ1) is 8.97. The molecule has 19 heavy (non-hydrogen) atoms. The third-order valence-electron chi connectivity index (χ3n) is 2.36. The number of amidine groups is 1. The lowest BCUT2D eigenvalue weighted by atomic mass is 10.2. The Bertz CT molecular complexity index is 647. The number of nitrogens with one attached hydrogen (secondary N) is 1. The Morgan fingerprint density at radius 1 is 1.05 bits per heavy atom. The van der Waals surface area contributed by atoms with Crippen molar-refractivity contribution in [2.75, 3.05) is 0 Å². The summed E-state index contributed by atoms with van der Waals surface area (Å²) < 4.78 is 6.50. The lowest BCUT2D eigenvalue weighted by molar-refractivity contribution is 0.483. The lowest BCUT2D eigenvalue weighted by Crippen LogP contribution is -2.10. The summed E-state index contributed by atoms with van der Waals surface area (Å²) in [5.74, 6) is 0.911. The van der Waals surface area contributed by atoms with Gasteiger partial charge in [0.2, 0.25) is 0 Å². The van der Waals surface area contributed by atoms with E-state index < -0.39 is 0 Å². The van der Waals surface area contributed by atoms with Crippen molar-refractivity contribution in [3.63, 3.8) is 0 Å². The van der Waals surface area contributed by atoms with Gasteiger partial charge in [0.25, 0.3) is 0 Å². The first-order valence-electron chi connectivity index (χ1n) is 5.24. The topological polar surface area (TPSA) is 59.1 Å². The minimum atomic E-state index is -0.0462. The van der Waals surface area contributed by atoms with Crippen LogP contribution in [0.2, 0.25) is 10.0 Å². The molecule has 0 aliphatic carbocycles. The van der Waals surface area contributed by atoms with Crippen LogP contribution in [0.15, 0.2) is 40.9 Å². The van der Waals surface area contributed by atoms with Crippen molar-refractivity contribution in [3.8, 4) is 11.5 Å². The zero-order valence-corrected chi connectivity index (χ0v) is 12.7. The number of benzene rings is 2. The Kier molecular flexibility index (Phi) is 4.34. The second-order valence-corrected chi connectivity index (χ2v) is 5.47. The molecule has 2 rings (SSSR count). The summed E-state index contributed by atoms with van der Waals surface area (Å²) in [6, 6.07) is 10.2. The standard InChI is InChI=1S/C13H9BrCl2N2O/c14-8-2-4-12(10(16)6-8)19-11-3-1-7(13(17)18)5-9(11)15/h1-6H,(H3,17,18). The highest BCUT2D eigenvalue weighted by Crippen LogP contribution is 2.35. The summed E-state index contributed by atoms with van der Waals surface area (Å²) in [5, 5.41) is 8.17. The summed E-state index contributed by atoms with van der Waals surface area (Å²) >= 11 is 15.5. The maximum atomic E-state index is 7.33. The number of rotatable bonds is 3. The van der Waals surface area contributed by atoms with E-state index in [1.807, 2.05) is 6.07 Å². The molecule has 0 saturated carbocycles. The van der Waals surface area contributed by atoms with Crippen LogP contribution in [-0.2, 0) is 0 Å². The number of nitrogens with two attached hydrogens (primary N) is 1. The van der Waals surface area contributed by atoms with Gasteiger partial charge in [-0.1, -0.05) is 39.1 Å². The van der Waals surface area contributed by atoms with E-state index in [2.05, 4.69) is 15.9 Å². The fourth-order valence-corrected chi connectivity index (χ4v) is 2.36. The molecule has 2 aromatic rings. The van der Waals surface area contributed by atoms with Crippen molar-refractivity contribution in [2.45, 2.75) is 0 Å². The second-order valence-electron chi connectivity index (χ2n) is 3.74. The van der Waals surface area contributed by atoms with Gasteiger partial charge in [-0.3, -0.25) is 5.41 Å². The van der Waals surface area contributed by atoms with Gasteiger partial charge in [0.05, 0.1) is 10.0 Å². The molecule has 6 heteroatoms. The molecule has 3 N–H and O–H groups in total. The lowest BCUT2D eigenvalue weighted by Gasteiger charge is -2.10. The van der Waals surface area contributed by atoms with Gasteiger partial charge < -0.3 is 10.5 Å². The molecule has 0 atom stereocenters. The summed E-state index contributed by atoms with van der Waals surface area (Å²) in [7, 11) is 0. The molecule has 0 radical (unpaired) electrons. The fourth-order valence-electron chi connectivity index (χ4n) is 1.43. The van der Waals surface area contributed by atoms with E-state index >= 15 is 0 Å². The largest absolute Gasteiger partial charge is 0.454 e. The molecule has 2 aromatic carbocycles. The highest BCUT2D eigenvalue weighted by Gasteiger charge is 2.08. The minimum absolute atomic E-state index is 0.0462. The van der Waals surface area contributed by atoms with Crippen LogP contribution >= 0.6 is 39.1 Å². The second kappa shape index (κ2) is 5.82. The highest BCUT2D eigenvalue weighted by molar-refractivity contribution is 9.10. The van der Waals surface area contributed by atoms with Crippen LogP contribution in [0.3, 0.4) is 0 Å². The number of halogens is 3. The zero-order valence-electron chi connectivity index (χ0n) is 9.58. The van der Waals surface area contributed by atoms with Crippen molar-refractivity contribution in [1.82, 2.24) is 0 Å². The van der Waals surface area contributed by atoms with Crippen LogP contribution in [0, 0.1) is 5.41 Å². The average molecular weight is 360 g/mol. The molecule has 0 spiro atoms. The van der Waals surface area contributed by atoms with Crippen LogP contribution in [0.4, 0.5) is 0 Å². The zero-order chi connectivity index (χ0) is 14.0. The van der Waals surface area contributed by atoms with Gasteiger partial charge >= 0.3 is 0 Å². The molecule has 0 unspecified atom stereocenters. The molecule has 0 aliphatic rings. The molecule has 98 valence electrons. The quantitative estimate of drug-likeness (QED) is 0.608. The summed E-state index contributed by atoms with van der Waals surface area (Å²) in [6.45, 7) is 0. The molecule has 0 heterocycles. The predicted molar refractivity (Wildman–Crippen MR) is 81.7 cm³/mol. The van der Waals surface area contributed by atoms with Crippen molar-refractivity contribution < 1.29 is 4.74 Å². The van der Waals surface area contributed by atoms with E-state index in [0.29, 0.717) is 27.1 Å². The van der Waals surface area contributed by atoms with Crippen molar-refractivity contribution in [2.24, 2.45) is 5.73 Å². The Morgan fingerprint density at radius 2 is 1.63 bits per heavy atom. The highest BCUT2D eigenvalue weighted by atomic mass is 79.9. The normalized spacial score (nSPS) is 10.3. The van der Waals surface area contributed by atoms with Crippen LogP contribution in [0.1, 0.15) is 5.56 Å². The van der Waals surface area contributed by atoms with E-state index in [9.17, 15) is 0 Å². The average Bonchev–Trinajstić information content (AvgIpc) is 2.34. The van der Waals surface area contributed by atoms with Gasteiger partial charge in [0, 0.05) is 10.0 Å².